The third-order valence-electron chi connectivity index (χ3n) is 2.64. The van der Waals surface area contributed by atoms with Gasteiger partial charge in [-0.2, -0.15) is 0 Å². The molecule has 0 heterocycles. The number of anilines is 1. The Morgan fingerprint density at radius 1 is 1.05 bits per heavy atom. The summed E-state index contributed by atoms with van der Waals surface area (Å²) in [5.41, 5.74) is 0.165. The van der Waals surface area contributed by atoms with Crippen LogP contribution in [0.3, 0.4) is 0 Å². The molecule has 0 aliphatic rings. The maximum absolute atomic E-state index is 13.6. The molecule has 3 nitrogen and oxygen atoms in total. The first-order valence-corrected chi connectivity index (χ1v) is 5.58. The van der Waals surface area contributed by atoms with Crippen molar-refractivity contribution in [1.82, 2.24) is 0 Å². The highest BCUT2D eigenvalue weighted by atomic mass is 19.2. The number of aromatic carboxylic acids is 1. The molecule has 5 heteroatoms. The molecular weight excluding hydrogens is 252 g/mol. The molecule has 2 aromatic carbocycles. The quantitative estimate of drug-likeness (QED) is 0.890. The van der Waals surface area contributed by atoms with E-state index in [0.717, 1.165) is 11.6 Å². The summed E-state index contributed by atoms with van der Waals surface area (Å²) in [6, 6.07) is 11.5. The van der Waals surface area contributed by atoms with Crippen molar-refractivity contribution in [3.05, 3.63) is 65.2 Å². The second-order valence-electron chi connectivity index (χ2n) is 3.93. The molecule has 98 valence electrons. The van der Waals surface area contributed by atoms with Crippen LogP contribution in [0.25, 0.3) is 0 Å². The lowest BCUT2D eigenvalue weighted by molar-refractivity contribution is 0.0690. The number of halogens is 2. The van der Waals surface area contributed by atoms with Gasteiger partial charge < -0.3 is 10.4 Å². The van der Waals surface area contributed by atoms with Crippen molar-refractivity contribution in [2.45, 2.75) is 6.54 Å². The van der Waals surface area contributed by atoms with Gasteiger partial charge in [0.2, 0.25) is 0 Å². The third-order valence-corrected chi connectivity index (χ3v) is 2.64. The molecule has 0 spiro atoms. The summed E-state index contributed by atoms with van der Waals surface area (Å²) >= 11 is 0. The Hall–Kier alpha value is -2.43. The van der Waals surface area contributed by atoms with Crippen molar-refractivity contribution in [2.24, 2.45) is 0 Å². The van der Waals surface area contributed by atoms with Gasteiger partial charge in [0.1, 0.15) is 0 Å². The van der Waals surface area contributed by atoms with Crippen LogP contribution < -0.4 is 5.32 Å². The van der Waals surface area contributed by atoms with Gasteiger partial charge in [-0.1, -0.05) is 30.3 Å². The molecule has 0 aromatic heterocycles. The summed E-state index contributed by atoms with van der Waals surface area (Å²) in [7, 11) is 0. The van der Waals surface area contributed by atoms with Crippen molar-refractivity contribution in [1.29, 1.82) is 0 Å². The minimum absolute atomic E-state index is 0.0636. The Labute approximate surface area is 108 Å². The van der Waals surface area contributed by atoms with Gasteiger partial charge in [-0.05, 0) is 17.7 Å². The number of hydrogen-bond acceptors (Lipinski definition) is 2. The van der Waals surface area contributed by atoms with Gasteiger partial charge in [0.05, 0.1) is 11.3 Å². The lowest BCUT2D eigenvalue weighted by atomic mass is 10.1. The van der Waals surface area contributed by atoms with Gasteiger partial charge in [0.25, 0.3) is 0 Å². The third kappa shape index (κ3) is 2.88. The fourth-order valence-corrected chi connectivity index (χ4v) is 1.64. The summed E-state index contributed by atoms with van der Waals surface area (Å²) in [5.74, 6) is -4.03. The molecule has 0 saturated carbocycles. The molecule has 0 atom stereocenters. The average molecular weight is 263 g/mol. The fourth-order valence-electron chi connectivity index (χ4n) is 1.64. The molecule has 0 bridgehead atoms. The van der Waals surface area contributed by atoms with Gasteiger partial charge >= 0.3 is 5.97 Å². The predicted octanol–water partition coefficient (Wildman–Crippen LogP) is 3.28. The van der Waals surface area contributed by atoms with E-state index in [4.69, 9.17) is 5.11 Å². The number of hydrogen-bond donors (Lipinski definition) is 2. The Bertz CT molecular complexity index is 600. The van der Waals surface area contributed by atoms with Crippen LogP contribution in [0.15, 0.2) is 42.5 Å². The zero-order valence-corrected chi connectivity index (χ0v) is 9.86. The number of benzene rings is 2. The van der Waals surface area contributed by atoms with Crippen LogP contribution >= 0.6 is 0 Å². The van der Waals surface area contributed by atoms with Crippen molar-refractivity contribution >= 4 is 11.7 Å². The highest BCUT2D eigenvalue weighted by Crippen LogP contribution is 2.21. The van der Waals surface area contributed by atoms with Crippen LogP contribution in [-0.2, 0) is 6.54 Å². The molecule has 19 heavy (non-hydrogen) atoms. The summed E-state index contributed by atoms with van der Waals surface area (Å²) in [4.78, 5) is 10.6. The van der Waals surface area contributed by atoms with Gasteiger partial charge in [0, 0.05) is 6.54 Å². The molecule has 0 unspecified atom stereocenters. The van der Waals surface area contributed by atoms with Gasteiger partial charge in [0.15, 0.2) is 11.6 Å². The highest BCUT2D eigenvalue weighted by molar-refractivity contribution is 5.88. The first kappa shape index (κ1) is 13.0. The van der Waals surface area contributed by atoms with E-state index < -0.39 is 23.2 Å². The SMILES string of the molecule is O=C(O)c1ccc(NCc2ccccc2)c(F)c1F. The summed E-state index contributed by atoms with van der Waals surface area (Å²) in [6.07, 6.45) is 0. The van der Waals surface area contributed by atoms with E-state index in [2.05, 4.69) is 5.32 Å². The highest BCUT2D eigenvalue weighted by Gasteiger charge is 2.17. The number of rotatable bonds is 4. The van der Waals surface area contributed by atoms with Crippen molar-refractivity contribution in [2.75, 3.05) is 5.32 Å². The van der Waals surface area contributed by atoms with E-state index in [9.17, 15) is 13.6 Å². The molecule has 0 fully saturated rings. The molecule has 0 amide bonds. The van der Waals surface area contributed by atoms with Crippen LogP contribution in [0, 0.1) is 11.6 Å². The smallest absolute Gasteiger partial charge is 0.338 e. The van der Waals surface area contributed by atoms with Crippen molar-refractivity contribution in [3.8, 4) is 0 Å². The molecule has 0 aliphatic carbocycles. The molecule has 0 saturated heterocycles. The molecular formula is C14H11F2NO2. The maximum Gasteiger partial charge on any atom is 0.338 e. The Morgan fingerprint density at radius 2 is 1.74 bits per heavy atom. The van der Waals surface area contributed by atoms with E-state index in [1.807, 2.05) is 30.3 Å². The molecule has 0 aliphatic heterocycles. The topological polar surface area (TPSA) is 49.3 Å². The largest absolute Gasteiger partial charge is 0.478 e. The number of nitrogens with one attached hydrogen (secondary N) is 1. The fraction of sp³-hybridized carbons (Fsp3) is 0.0714. The van der Waals surface area contributed by atoms with Crippen molar-refractivity contribution in [3.63, 3.8) is 0 Å². The van der Waals surface area contributed by atoms with Gasteiger partial charge in [-0.3, -0.25) is 0 Å². The van der Waals surface area contributed by atoms with Crippen LogP contribution in [0.5, 0.6) is 0 Å². The summed E-state index contributed by atoms with van der Waals surface area (Å²) < 4.78 is 27.1. The minimum atomic E-state index is -1.49. The zero-order valence-electron chi connectivity index (χ0n) is 9.86. The van der Waals surface area contributed by atoms with Crippen molar-refractivity contribution < 1.29 is 18.7 Å². The Kier molecular flexibility index (Phi) is 3.75. The van der Waals surface area contributed by atoms with E-state index in [0.29, 0.717) is 6.54 Å². The summed E-state index contributed by atoms with van der Waals surface area (Å²) in [6.45, 7) is 0.323. The lowest BCUT2D eigenvalue weighted by Crippen LogP contribution is -2.07. The average Bonchev–Trinajstić information content (AvgIpc) is 2.41. The van der Waals surface area contributed by atoms with Crippen LogP contribution in [0.2, 0.25) is 0 Å². The normalized spacial score (nSPS) is 10.2. The predicted molar refractivity (Wildman–Crippen MR) is 67.1 cm³/mol. The lowest BCUT2D eigenvalue weighted by Gasteiger charge is -2.09. The second kappa shape index (κ2) is 5.48. The monoisotopic (exact) mass is 263 g/mol. The number of carbonyl (C=O) groups is 1. The maximum atomic E-state index is 13.6. The first-order chi connectivity index (χ1) is 9.09. The zero-order chi connectivity index (χ0) is 13.8. The van der Waals surface area contributed by atoms with Crippen LogP contribution in [0.4, 0.5) is 14.5 Å². The molecule has 0 radical (unpaired) electrons. The summed E-state index contributed by atoms with van der Waals surface area (Å²) in [5, 5.41) is 11.4. The van der Waals surface area contributed by atoms with E-state index >= 15 is 0 Å². The van der Waals surface area contributed by atoms with Crippen LogP contribution in [-0.4, -0.2) is 11.1 Å². The molecule has 2 N–H and O–H groups in total. The Morgan fingerprint density at radius 3 is 2.37 bits per heavy atom. The van der Waals surface area contributed by atoms with E-state index in [1.165, 1.54) is 6.07 Å². The number of carboxylic acid groups (broad SMARTS) is 1. The van der Waals surface area contributed by atoms with E-state index in [1.54, 1.807) is 0 Å². The minimum Gasteiger partial charge on any atom is -0.478 e. The second-order valence-corrected chi connectivity index (χ2v) is 3.93. The van der Waals surface area contributed by atoms with Gasteiger partial charge in [-0.15, -0.1) is 0 Å². The molecule has 2 rings (SSSR count). The van der Waals surface area contributed by atoms with Crippen LogP contribution in [0.1, 0.15) is 15.9 Å². The standard InChI is InChI=1S/C14H11F2NO2/c15-12-10(14(18)19)6-7-11(13(12)16)17-8-9-4-2-1-3-5-9/h1-7,17H,8H2,(H,18,19). The Balaban J connectivity index is 2.18. The van der Waals surface area contributed by atoms with E-state index in [-0.39, 0.29) is 5.69 Å². The molecule has 2 aromatic rings. The first-order valence-electron chi connectivity index (χ1n) is 5.58. The number of carboxylic acids is 1. The van der Waals surface area contributed by atoms with Gasteiger partial charge in [-0.25, -0.2) is 13.6 Å².